The molecule has 2 aromatic rings. The SMILES string of the molecule is CCCC(O/N=C/COCc1ccccc1)c1ccccc1. The first-order chi connectivity index (χ1) is 10.9. The van der Waals surface area contributed by atoms with Crippen LogP contribution in [0.4, 0.5) is 0 Å². The molecule has 0 N–H and O–H groups in total. The van der Waals surface area contributed by atoms with Crippen LogP contribution in [0.5, 0.6) is 0 Å². The summed E-state index contributed by atoms with van der Waals surface area (Å²) < 4.78 is 5.54. The van der Waals surface area contributed by atoms with Crippen molar-refractivity contribution in [3.8, 4) is 0 Å². The molecule has 22 heavy (non-hydrogen) atoms. The number of benzene rings is 2. The zero-order valence-corrected chi connectivity index (χ0v) is 13.0. The van der Waals surface area contributed by atoms with Gasteiger partial charge in [0.2, 0.25) is 0 Å². The quantitative estimate of drug-likeness (QED) is 0.380. The van der Waals surface area contributed by atoms with Gasteiger partial charge in [-0.1, -0.05) is 79.2 Å². The molecular formula is C19H23NO2. The Morgan fingerprint density at radius 1 is 1.00 bits per heavy atom. The van der Waals surface area contributed by atoms with Gasteiger partial charge in [0.1, 0.15) is 0 Å². The molecule has 3 nitrogen and oxygen atoms in total. The van der Waals surface area contributed by atoms with E-state index in [1.54, 1.807) is 6.21 Å². The lowest BCUT2D eigenvalue weighted by molar-refractivity contribution is 0.0504. The van der Waals surface area contributed by atoms with Gasteiger partial charge in [0.25, 0.3) is 0 Å². The Hall–Kier alpha value is -2.13. The van der Waals surface area contributed by atoms with Crippen molar-refractivity contribution in [1.82, 2.24) is 0 Å². The van der Waals surface area contributed by atoms with Crippen molar-refractivity contribution in [1.29, 1.82) is 0 Å². The van der Waals surface area contributed by atoms with Crippen molar-refractivity contribution in [2.75, 3.05) is 6.61 Å². The summed E-state index contributed by atoms with van der Waals surface area (Å²) in [7, 11) is 0. The van der Waals surface area contributed by atoms with E-state index in [-0.39, 0.29) is 6.10 Å². The van der Waals surface area contributed by atoms with Crippen LogP contribution < -0.4 is 0 Å². The third-order valence-corrected chi connectivity index (χ3v) is 3.29. The monoisotopic (exact) mass is 297 g/mol. The highest BCUT2D eigenvalue weighted by Crippen LogP contribution is 2.22. The Morgan fingerprint density at radius 2 is 1.68 bits per heavy atom. The predicted octanol–water partition coefficient (Wildman–Crippen LogP) is 4.75. The highest BCUT2D eigenvalue weighted by molar-refractivity contribution is 5.57. The number of hydrogen-bond donors (Lipinski definition) is 0. The van der Waals surface area contributed by atoms with Gasteiger partial charge < -0.3 is 9.57 Å². The first-order valence-corrected chi connectivity index (χ1v) is 7.74. The molecule has 0 saturated carbocycles. The molecule has 3 heteroatoms. The Kier molecular flexibility index (Phi) is 7.19. The minimum absolute atomic E-state index is 0.0107. The van der Waals surface area contributed by atoms with Gasteiger partial charge in [0, 0.05) is 0 Å². The molecule has 1 atom stereocenters. The van der Waals surface area contributed by atoms with E-state index < -0.39 is 0 Å². The van der Waals surface area contributed by atoms with E-state index in [1.807, 2.05) is 48.5 Å². The molecule has 0 saturated heterocycles. The second kappa shape index (κ2) is 9.74. The van der Waals surface area contributed by atoms with Gasteiger partial charge in [0.05, 0.1) is 19.4 Å². The lowest BCUT2D eigenvalue weighted by Crippen LogP contribution is -2.02. The minimum atomic E-state index is 0.0107. The molecular weight excluding hydrogens is 274 g/mol. The average molecular weight is 297 g/mol. The van der Waals surface area contributed by atoms with E-state index in [1.165, 1.54) is 0 Å². The van der Waals surface area contributed by atoms with Crippen LogP contribution in [0.15, 0.2) is 65.8 Å². The fraction of sp³-hybridized carbons (Fsp3) is 0.316. The Morgan fingerprint density at radius 3 is 2.36 bits per heavy atom. The fourth-order valence-corrected chi connectivity index (χ4v) is 2.16. The van der Waals surface area contributed by atoms with Gasteiger partial charge in [-0.3, -0.25) is 0 Å². The van der Waals surface area contributed by atoms with Crippen LogP contribution in [-0.4, -0.2) is 12.8 Å². The zero-order valence-electron chi connectivity index (χ0n) is 13.0. The van der Waals surface area contributed by atoms with Crippen molar-refractivity contribution < 1.29 is 9.57 Å². The number of hydrogen-bond acceptors (Lipinski definition) is 3. The maximum absolute atomic E-state index is 5.61. The van der Waals surface area contributed by atoms with Crippen molar-refractivity contribution >= 4 is 6.21 Å². The summed E-state index contributed by atoms with van der Waals surface area (Å²) in [6.07, 6.45) is 3.69. The minimum Gasteiger partial charge on any atom is -0.388 e. The summed E-state index contributed by atoms with van der Waals surface area (Å²) >= 11 is 0. The van der Waals surface area contributed by atoms with Crippen LogP contribution in [0.3, 0.4) is 0 Å². The van der Waals surface area contributed by atoms with Gasteiger partial charge in [-0.05, 0) is 17.5 Å². The second-order valence-corrected chi connectivity index (χ2v) is 5.08. The molecule has 0 aromatic heterocycles. The van der Waals surface area contributed by atoms with Crippen LogP contribution in [-0.2, 0) is 16.2 Å². The largest absolute Gasteiger partial charge is 0.388 e. The zero-order chi connectivity index (χ0) is 15.5. The molecule has 0 aliphatic carbocycles. The van der Waals surface area contributed by atoms with Crippen molar-refractivity contribution in [2.24, 2.45) is 5.16 Å². The highest BCUT2D eigenvalue weighted by atomic mass is 16.6. The Balaban J connectivity index is 1.73. The van der Waals surface area contributed by atoms with Gasteiger partial charge in [-0.15, -0.1) is 0 Å². The van der Waals surface area contributed by atoms with Crippen molar-refractivity contribution in [2.45, 2.75) is 32.5 Å². The van der Waals surface area contributed by atoms with Crippen LogP contribution in [0.1, 0.15) is 37.0 Å². The van der Waals surface area contributed by atoms with Gasteiger partial charge >= 0.3 is 0 Å². The molecule has 0 radical (unpaired) electrons. The molecule has 2 rings (SSSR count). The summed E-state index contributed by atoms with van der Waals surface area (Å²) in [5.41, 5.74) is 2.32. The molecule has 0 aliphatic heterocycles. The Labute approximate surface area is 132 Å². The Bertz CT molecular complexity index is 540. The van der Waals surface area contributed by atoms with Gasteiger partial charge in [-0.2, -0.15) is 0 Å². The molecule has 0 fully saturated rings. The van der Waals surface area contributed by atoms with Gasteiger partial charge in [0.15, 0.2) is 6.10 Å². The van der Waals surface area contributed by atoms with E-state index in [2.05, 4.69) is 24.2 Å². The maximum Gasteiger partial charge on any atom is 0.152 e. The van der Waals surface area contributed by atoms with Crippen molar-refractivity contribution in [3.05, 3.63) is 71.8 Å². The standard InChI is InChI=1S/C19H23NO2/c1-2-9-19(18-12-7-4-8-13-18)22-20-14-15-21-16-17-10-5-3-6-11-17/h3-8,10-14,19H,2,9,15-16H2,1H3/b20-14+. The highest BCUT2D eigenvalue weighted by Gasteiger charge is 2.10. The summed E-state index contributed by atoms with van der Waals surface area (Å²) in [5, 5.41) is 4.05. The van der Waals surface area contributed by atoms with Crippen LogP contribution in [0, 0.1) is 0 Å². The van der Waals surface area contributed by atoms with Gasteiger partial charge in [-0.25, -0.2) is 0 Å². The topological polar surface area (TPSA) is 30.8 Å². The van der Waals surface area contributed by atoms with E-state index in [0.29, 0.717) is 13.2 Å². The van der Waals surface area contributed by atoms with E-state index in [0.717, 1.165) is 24.0 Å². The first kappa shape index (κ1) is 16.2. The van der Waals surface area contributed by atoms with Crippen LogP contribution in [0.2, 0.25) is 0 Å². The van der Waals surface area contributed by atoms with E-state index >= 15 is 0 Å². The molecule has 2 aromatic carbocycles. The lowest BCUT2D eigenvalue weighted by Gasteiger charge is -2.14. The fourth-order valence-electron chi connectivity index (χ4n) is 2.16. The normalized spacial score (nSPS) is 12.4. The molecule has 1 unspecified atom stereocenters. The summed E-state index contributed by atoms with van der Waals surface area (Å²) in [5.74, 6) is 0. The molecule has 116 valence electrons. The summed E-state index contributed by atoms with van der Waals surface area (Å²) in [6, 6.07) is 20.3. The predicted molar refractivity (Wildman–Crippen MR) is 89.8 cm³/mol. The third kappa shape index (κ3) is 5.70. The number of oxime groups is 1. The summed E-state index contributed by atoms with van der Waals surface area (Å²) in [6.45, 7) is 3.18. The second-order valence-electron chi connectivity index (χ2n) is 5.08. The smallest absolute Gasteiger partial charge is 0.152 e. The molecule has 0 heterocycles. The molecule has 0 spiro atoms. The van der Waals surface area contributed by atoms with Crippen LogP contribution in [0.25, 0.3) is 0 Å². The summed E-state index contributed by atoms with van der Waals surface area (Å²) in [4.78, 5) is 5.61. The van der Waals surface area contributed by atoms with Crippen molar-refractivity contribution in [3.63, 3.8) is 0 Å². The number of rotatable bonds is 9. The van der Waals surface area contributed by atoms with Crippen LogP contribution >= 0.6 is 0 Å². The lowest BCUT2D eigenvalue weighted by atomic mass is 10.1. The third-order valence-electron chi connectivity index (χ3n) is 3.29. The number of nitrogens with zero attached hydrogens (tertiary/aromatic N) is 1. The molecule has 0 amide bonds. The number of ether oxygens (including phenoxy) is 1. The van der Waals surface area contributed by atoms with E-state index in [9.17, 15) is 0 Å². The molecule has 0 aliphatic rings. The first-order valence-electron chi connectivity index (χ1n) is 7.74. The maximum atomic E-state index is 5.61. The molecule has 0 bridgehead atoms. The average Bonchev–Trinajstić information content (AvgIpc) is 2.58. The van der Waals surface area contributed by atoms with E-state index in [4.69, 9.17) is 9.57 Å².